The average Bonchev–Trinajstić information content (AvgIpc) is 3.15. The topological polar surface area (TPSA) is 57.8 Å². The predicted octanol–water partition coefficient (Wildman–Crippen LogP) is 4.59. The van der Waals surface area contributed by atoms with Gasteiger partial charge in [0, 0.05) is 29.4 Å². The molecule has 24 heavy (non-hydrogen) atoms. The number of rotatable bonds is 7. The van der Waals surface area contributed by atoms with E-state index in [0.717, 1.165) is 28.8 Å². The van der Waals surface area contributed by atoms with Gasteiger partial charge in [0.25, 0.3) is 0 Å². The van der Waals surface area contributed by atoms with Crippen LogP contribution >= 0.6 is 0 Å². The Labute approximate surface area is 141 Å². The van der Waals surface area contributed by atoms with Gasteiger partial charge in [-0.1, -0.05) is 37.3 Å². The molecule has 0 saturated heterocycles. The molecule has 0 amide bonds. The third kappa shape index (κ3) is 3.71. The second kappa shape index (κ2) is 7.59. The number of benzene rings is 2. The van der Waals surface area contributed by atoms with E-state index >= 15 is 0 Å². The van der Waals surface area contributed by atoms with Crippen LogP contribution in [0.15, 0.2) is 67.0 Å². The fraction of sp³-hybridized carbons (Fsp3) is 0.200. The van der Waals surface area contributed by atoms with Gasteiger partial charge in [0.15, 0.2) is 5.78 Å². The number of Topliss-reactive ketones (excluding diaryl/α,β-unsaturated/α-hetero) is 1. The van der Waals surface area contributed by atoms with Crippen molar-refractivity contribution >= 4 is 11.5 Å². The molecule has 2 aromatic carbocycles. The maximum absolute atomic E-state index is 12.0. The summed E-state index contributed by atoms with van der Waals surface area (Å²) in [6.07, 6.45) is 5.18. The van der Waals surface area contributed by atoms with Gasteiger partial charge in [-0.2, -0.15) is 5.10 Å². The van der Waals surface area contributed by atoms with Crippen LogP contribution < -0.4 is 5.32 Å². The predicted molar refractivity (Wildman–Crippen MR) is 96.2 cm³/mol. The van der Waals surface area contributed by atoms with Crippen molar-refractivity contribution in [2.75, 3.05) is 5.32 Å². The molecular formula is C20H21N3O. The molecule has 3 rings (SSSR count). The molecule has 2 N–H and O–H groups in total. The van der Waals surface area contributed by atoms with Crippen LogP contribution in [0.1, 0.15) is 47.3 Å². The monoisotopic (exact) mass is 319 g/mol. The van der Waals surface area contributed by atoms with Crippen molar-refractivity contribution in [1.29, 1.82) is 0 Å². The van der Waals surface area contributed by atoms with Crippen molar-refractivity contribution in [3.05, 3.63) is 83.7 Å². The third-order valence-electron chi connectivity index (χ3n) is 3.98. The van der Waals surface area contributed by atoms with Crippen LogP contribution in [0.4, 0.5) is 5.69 Å². The molecule has 1 unspecified atom stereocenters. The molecule has 0 bridgehead atoms. The Morgan fingerprint density at radius 3 is 2.46 bits per heavy atom. The summed E-state index contributed by atoms with van der Waals surface area (Å²) in [6.45, 7) is 2.02. The Kier molecular flexibility index (Phi) is 5.06. The van der Waals surface area contributed by atoms with Crippen molar-refractivity contribution in [3.8, 4) is 0 Å². The van der Waals surface area contributed by atoms with Gasteiger partial charge in [-0.25, -0.2) is 0 Å². The van der Waals surface area contributed by atoms with Gasteiger partial charge in [-0.3, -0.25) is 9.89 Å². The molecule has 3 aromatic rings. The van der Waals surface area contributed by atoms with E-state index in [0.29, 0.717) is 6.42 Å². The fourth-order valence-electron chi connectivity index (χ4n) is 2.71. The fourth-order valence-corrected chi connectivity index (χ4v) is 2.71. The SMILES string of the molecule is CCCC(=O)c1ccc(NC(c2ccccc2)c2cn[nH]c2)cc1. The molecule has 1 aromatic heterocycles. The van der Waals surface area contributed by atoms with Crippen molar-refractivity contribution in [3.63, 3.8) is 0 Å². The molecule has 0 saturated carbocycles. The summed E-state index contributed by atoms with van der Waals surface area (Å²) in [7, 11) is 0. The number of carbonyl (C=O) groups excluding carboxylic acids is 1. The largest absolute Gasteiger partial charge is 0.374 e. The van der Waals surface area contributed by atoms with Gasteiger partial charge in [0.05, 0.1) is 12.2 Å². The number of hydrogen-bond donors (Lipinski definition) is 2. The lowest BCUT2D eigenvalue weighted by atomic mass is 10.0. The number of nitrogens with one attached hydrogen (secondary N) is 2. The number of hydrogen-bond acceptors (Lipinski definition) is 3. The third-order valence-corrected chi connectivity index (χ3v) is 3.98. The van der Waals surface area contributed by atoms with E-state index in [1.54, 1.807) is 0 Å². The van der Waals surface area contributed by atoms with Gasteiger partial charge in [-0.15, -0.1) is 0 Å². The minimum atomic E-state index is 0.00198. The zero-order chi connectivity index (χ0) is 16.8. The number of aromatic amines is 1. The average molecular weight is 319 g/mol. The number of anilines is 1. The van der Waals surface area contributed by atoms with E-state index in [4.69, 9.17) is 0 Å². The van der Waals surface area contributed by atoms with E-state index in [9.17, 15) is 4.79 Å². The number of carbonyl (C=O) groups is 1. The van der Waals surface area contributed by atoms with E-state index in [-0.39, 0.29) is 11.8 Å². The maximum Gasteiger partial charge on any atom is 0.162 e. The Morgan fingerprint density at radius 2 is 1.83 bits per heavy atom. The quantitative estimate of drug-likeness (QED) is 0.626. The highest BCUT2D eigenvalue weighted by molar-refractivity contribution is 5.96. The highest BCUT2D eigenvalue weighted by atomic mass is 16.1. The highest BCUT2D eigenvalue weighted by Gasteiger charge is 2.15. The first-order chi connectivity index (χ1) is 11.8. The summed E-state index contributed by atoms with van der Waals surface area (Å²) >= 11 is 0. The van der Waals surface area contributed by atoms with Crippen molar-refractivity contribution < 1.29 is 4.79 Å². The molecule has 0 fully saturated rings. The van der Waals surface area contributed by atoms with Crippen LogP contribution in [0.25, 0.3) is 0 Å². The second-order valence-corrected chi connectivity index (χ2v) is 5.77. The van der Waals surface area contributed by atoms with Gasteiger partial charge in [0.2, 0.25) is 0 Å². The molecule has 0 spiro atoms. The van der Waals surface area contributed by atoms with Crippen LogP contribution in [0.5, 0.6) is 0 Å². The van der Waals surface area contributed by atoms with Crippen LogP contribution in [0.2, 0.25) is 0 Å². The molecule has 1 atom stereocenters. The highest BCUT2D eigenvalue weighted by Crippen LogP contribution is 2.26. The van der Waals surface area contributed by atoms with Gasteiger partial charge in [0.1, 0.15) is 0 Å². The van der Waals surface area contributed by atoms with E-state index in [1.807, 2.05) is 61.8 Å². The van der Waals surface area contributed by atoms with E-state index in [2.05, 4.69) is 27.6 Å². The number of nitrogens with zero attached hydrogens (tertiary/aromatic N) is 1. The first kappa shape index (κ1) is 16.0. The standard InChI is InChI=1S/C20H21N3O/c1-2-6-19(24)15-9-11-18(12-10-15)23-20(17-13-21-22-14-17)16-7-4-3-5-8-16/h3-5,7-14,20,23H,2,6H2,1H3,(H,21,22). The summed E-state index contributed by atoms with van der Waals surface area (Å²) < 4.78 is 0. The summed E-state index contributed by atoms with van der Waals surface area (Å²) in [4.78, 5) is 12.0. The summed E-state index contributed by atoms with van der Waals surface area (Å²) in [5.41, 5.74) is 3.96. The van der Waals surface area contributed by atoms with Crippen LogP contribution in [-0.2, 0) is 0 Å². The molecule has 122 valence electrons. The number of aromatic nitrogens is 2. The molecule has 4 nitrogen and oxygen atoms in total. The van der Waals surface area contributed by atoms with Gasteiger partial charge < -0.3 is 5.32 Å². The first-order valence-corrected chi connectivity index (χ1v) is 8.21. The van der Waals surface area contributed by atoms with Crippen molar-refractivity contribution in [2.24, 2.45) is 0 Å². The van der Waals surface area contributed by atoms with Gasteiger partial charge in [-0.05, 0) is 36.2 Å². The lowest BCUT2D eigenvalue weighted by Gasteiger charge is -2.19. The minimum absolute atomic E-state index is 0.00198. The summed E-state index contributed by atoms with van der Waals surface area (Å²) in [5, 5.41) is 10.5. The summed E-state index contributed by atoms with van der Waals surface area (Å²) in [5.74, 6) is 0.193. The lowest BCUT2D eigenvalue weighted by molar-refractivity contribution is 0.0982. The van der Waals surface area contributed by atoms with Crippen LogP contribution in [0, 0.1) is 0 Å². The maximum atomic E-state index is 12.0. The lowest BCUT2D eigenvalue weighted by Crippen LogP contribution is -2.11. The molecule has 4 heteroatoms. The number of H-pyrrole nitrogens is 1. The molecule has 0 aliphatic rings. The van der Waals surface area contributed by atoms with Crippen molar-refractivity contribution in [2.45, 2.75) is 25.8 Å². The zero-order valence-electron chi connectivity index (χ0n) is 13.7. The minimum Gasteiger partial charge on any atom is -0.374 e. The molecule has 0 aliphatic heterocycles. The number of ketones is 1. The Hall–Kier alpha value is -2.88. The van der Waals surface area contributed by atoms with Crippen LogP contribution in [0.3, 0.4) is 0 Å². The smallest absolute Gasteiger partial charge is 0.162 e. The van der Waals surface area contributed by atoms with E-state index < -0.39 is 0 Å². The Bertz CT molecular complexity index is 764. The first-order valence-electron chi connectivity index (χ1n) is 8.21. The van der Waals surface area contributed by atoms with E-state index in [1.165, 1.54) is 0 Å². The summed E-state index contributed by atoms with van der Waals surface area (Å²) in [6, 6.07) is 17.9. The molecule has 0 radical (unpaired) electrons. The Morgan fingerprint density at radius 1 is 1.08 bits per heavy atom. The van der Waals surface area contributed by atoms with Crippen LogP contribution in [-0.4, -0.2) is 16.0 Å². The Balaban J connectivity index is 1.82. The molecule has 0 aliphatic carbocycles. The molecular weight excluding hydrogens is 298 g/mol. The zero-order valence-corrected chi connectivity index (χ0v) is 13.7. The van der Waals surface area contributed by atoms with Gasteiger partial charge >= 0.3 is 0 Å². The normalized spacial score (nSPS) is 11.9. The van der Waals surface area contributed by atoms with Crippen molar-refractivity contribution in [1.82, 2.24) is 10.2 Å². The molecule has 1 heterocycles. The second-order valence-electron chi connectivity index (χ2n) is 5.77.